The van der Waals surface area contributed by atoms with Crippen LogP contribution in [0.5, 0.6) is 0 Å². The van der Waals surface area contributed by atoms with Crippen molar-refractivity contribution in [1.29, 1.82) is 0 Å². The lowest BCUT2D eigenvalue weighted by Gasteiger charge is -2.33. The molecule has 0 bridgehead atoms. The van der Waals surface area contributed by atoms with Gasteiger partial charge in [0, 0.05) is 26.3 Å². The zero-order valence-electron chi connectivity index (χ0n) is 24.5. The highest BCUT2D eigenvalue weighted by Gasteiger charge is 2.56. The van der Waals surface area contributed by atoms with Gasteiger partial charge in [-0.1, -0.05) is 10.3 Å². The summed E-state index contributed by atoms with van der Waals surface area (Å²) in [6, 6.07) is -1.40. The number of aryl methyl sites for hydroxylation is 1. The van der Waals surface area contributed by atoms with Crippen molar-refractivity contribution >= 4 is 17.5 Å². The number of alkyl halides is 5. The van der Waals surface area contributed by atoms with Crippen LogP contribution in [0.2, 0.25) is 0 Å². The minimum absolute atomic E-state index is 0.00528. The zero-order chi connectivity index (χ0) is 33.0. The fourth-order valence-corrected chi connectivity index (χ4v) is 6.23. The molecule has 1 aliphatic carbocycles. The average Bonchev–Trinajstić information content (AvgIpc) is 3.75. The monoisotopic (exact) mass is 653 g/mol. The van der Waals surface area contributed by atoms with Gasteiger partial charge in [0.15, 0.2) is 17.2 Å². The van der Waals surface area contributed by atoms with E-state index >= 15 is 0 Å². The Hall–Kier alpha value is -4.71. The molecule has 46 heavy (non-hydrogen) atoms. The average molecular weight is 654 g/mol. The van der Waals surface area contributed by atoms with Gasteiger partial charge in [-0.05, 0) is 55.3 Å². The third-order valence-corrected chi connectivity index (χ3v) is 8.81. The molecule has 246 valence electrons. The summed E-state index contributed by atoms with van der Waals surface area (Å²) in [5, 5.41) is 20.0. The molecule has 4 aromatic rings. The number of imidazole rings is 1. The molecule has 0 aromatic carbocycles. The summed E-state index contributed by atoms with van der Waals surface area (Å²) in [5.41, 5.74) is -0.594. The van der Waals surface area contributed by atoms with Crippen LogP contribution in [0.25, 0.3) is 5.65 Å². The first-order chi connectivity index (χ1) is 21.6. The maximum Gasteiger partial charge on any atom is 0.441 e. The molecule has 0 spiro atoms. The number of rotatable bonds is 8. The summed E-state index contributed by atoms with van der Waals surface area (Å²) in [6.45, 7) is 1.52. The zero-order valence-corrected chi connectivity index (χ0v) is 24.5. The fourth-order valence-electron chi connectivity index (χ4n) is 6.23. The number of halogens is 5. The molecule has 2 amide bonds. The van der Waals surface area contributed by atoms with E-state index in [0.717, 1.165) is 4.57 Å². The molecule has 0 unspecified atom stereocenters. The lowest BCUT2D eigenvalue weighted by Crippen LogP contribution is -2.39. The Labute approximate surface area is 255 Å². The molecule has 14 nitrogen and oxygen atoms in total. The predicted octanol–water partition coefficient (Wildman–Crippen LogP) is 2.63. The van der Waals surface area contributed by atoms with Gasteiger partial charge >= 0.3 is 11.9 Å². The van der Waals surface area contributed by atoms with Crippen LogP contribution in [0.4, 0.5) is 22.0 Å². The standard InChI is InChI=1S/C27H28F5N9O5/c1-13-20(39-46-37-13)22(42)36-21(15-3-5-26(28,29)6-4-15)16-12-41-18(34-16)7-14(11-33-41)8-25(10-19-38-45-24(44)40(19)2)9-17(27(30,31)32)35-23(25)43/h7,11-12,15,17,21H,3-6,8-10H2,1-2H3,(H,35,43)(H,36,42)/t17-,21-,25-/m0/s1. The highest BCUT2D eigenvalue weighted by Crippen LogP contribution is 2.43. The largest absolute Gasteiger partial charge is 0.441 e. The predicted molar refractivity (Wildman–Crippen MR) is 143 cm³/mol. The highest BCUT2D eigenvalue weighted by molar-refractivity contribution is 5.93. The van der Waals surface area contributed by atoms with Gasteiger partial charge in [-0.2, -0.15) is 18.3 Å². The van der Waals surface area contributed by atoms with E-state index in [-0.39, 0.29) is 61.4 Å². The molecule has 1 saturated carbocycles. The van der Waals surface area contributed by atoms with Gasteiger partial charge in [-0.3, -0.25) is 18.7 Å². The van der Waals surface area contributed by atoms with Crippen molar-refractivity contribution in [3.8, 4) is 0 Å². The van der Waals surface area contributed by atoms with Crippen molar-refractivity contribution in [2.24, 2.45) is 18.4 Å². The van der Waals surface area contributed by atoms with Crippen molar-refractivity contribution in [3.63, 3.8) is 0 Å². The summed E-state index contributed by atoms with van der Waals surface area (Å²) in [6.07, 6.45) is -3.53. The Balaban J connectivity index is 1.32. The lowest BCUT2D eigenvalue weighted by atomic mass is 9.76. The molecule has 2 N–H and O–H groups in total. The molecule has 2 aliphatic rings. The van der Waals surface area contributed by atoms with Crippen LogP contribution in [0.3, 0.4) is 0 Å². The van der Waals surface area contributed by atoms with E-state index in [1.54, 1.807) is 0 Å². The van der Waals surface area contributed by atoms with Gasteiger partial charge in [0.2, 0.25) is 11.8 Å². The summed E-state index contributed by atoms with van der Waals surface area (Å²) in [7, 11) is 1.33. The summed E-state index contributed by atoms with van der Waals surface area (Å²) >= 11 is 0. The van der Waals surface area contributed by atoms with Crippen LogP contribution < -0.4 is 16.4 Å². The molecule has 6 rings (SSSR count). The van der Waals surface area contributed by atoms with Crippen LogP contribution >= 0.6 is 0 Å². The Morgan fingerprint density at radius 3 is 2.52 bits per heavy atom. The molecular weight excluding hydrogens is 625 g/mol. The molecule has 4 aromatic heterocycles. The smallest absolute Gasteiger partial charge is 0.344 e. The summed E-state index contributed by atoms with van der Waals surface area (Å²) < 4.78 is 80.8. The Bertz CT molecular complexity index is 1840. The molecule has 5 heterocycles. The normalized spacial score (nSPS) is 22.7. The third-order valence-electron chi connectivity index (χ3n) is 8.81. The van der Waals surface area contributed by atoms with Crippen molar-refractivity contribution in [1.82, 2.24) is 45.3 Å². The number of fused-ring (bicyclic) bond motifs is 1. The second kappa shape index (κ2) is 11.3. The summed E-state index contributed by atoms with van der Waals surface area (Å²) in [5.74, 6) is -5.58. The van der Waals surface area contributed by atoms with Crippen LogP contribution in [-0.2, 0) is 24.7 Å². The molecule has 1 saturated heterocycles. The Morgan fingerprint density at radius 2 is 1.91 bits per heavy atom. The number of hydrogen-bond donors (Lipinski definition) is 2. The van der Waals surface area contributed by atoms with Gasteiger partial charge in [-0.25, -0.2) is 27.7 Å². The Morgan fingerprint density at radius 1 is 1.17 bits per heavy atom. The minimum atomic E-state index is -4.71. The number of nitrogens with one attached hydrogen (secondary N) is 2. The molecule has 0 radical (unpaired) electrons. The van der Waals surface area contributed by atoms with Crippen molar-refractivity contribution in [2.45, 2.75) is 76.1 Å². The van der Waals surface area contributed by atoms with Crippen LogP contribution in [0.1, 0.15) is 71.4 Å². The van der Waals surface area contributed by atoms with E-state index in [0.29, 0.717) is 11.3 Å². The molecule has 3 atom stereocenters. The minimum Gasteiger partial charge on any atom is -0.344 e. The van der Waals surface area contributed by atoms with Crippen LogP contribution in [-0.4, -0.2) is 64.6 Å². The van der Waals surface area contributed by atoms with Gasteiger partial charge in [0.1, 0.15) is 11.7 Å². The molecule has 1 aliphatic heterocycles. The van der Waals surface area contributed by atoms with Gasteiger partial charge in [0.05, 0.1) is 29.5 Å². The molecule has 2 fully saturated rings. The number of aromatic nitrogens is 7. The van der Waals surface area contributed by atoms with Crippen molar-refractivity contribution in [3.05, 3.63) is 57.5 Å². The second-order valence-corrected chi connectivity index (χ2v) is 12.0. The van der Waals surface area contributed by atoms with Gasteiger partial charge < -0.3 is 10.6 Å². The third kappa shape index (κ3) is 5.96. The number of hydrogen-bond acceptors (Lipinski definition) is 10. The number of nitrogens with zero attached hydrogens (tertiary/aromatic N) is 7. The van der Waals surface area contributed by atoms with E-state index in [9.17, 15) is 36.3 Å². The first kappa shape index (κ1) is 31.3. The van der Waals surface area contributed by atoms with Crippen molar-refractivity contribution < 1.29 is 40.7 Å². The van der Waals surface area contributed by atoms with E-state index in [4.69, 9.17) is 0 Å². The number of carbonyl (C=O) groups excluding carboxylic acids is 2. The van der Waals surface area contributed by atoms with E-state index < -0.39 is 59.5 Å². The lowest BCUT2D eigenvalue weighted by molar-refractivity contribution is -0.155. The van der Waals surface area contributed by atoms with E-state index in [1.807, 2.05) is 5.32 Å². The molecular formula is C27H28F5N9O5. The number of amides is 2. The van der Waals surface area contributed by atoms with Crippen LogP contribution in [0, 0.1) is 18.3 Å². The fraction of sp³-hybridized carbons (Fsp3) is 0.556. The van der Waals surface area contributed by atoms with E-state index in [2.05, 4.69) is 40.0 Å². The van der Waals surface area contributed by atoms with Crippen molar-refractivity contribution in [2.75, 3.05) is 0 Å². The highest BCUT2D eigenvalue weighted by atomic mass is 19.4. The Kier molecular flexibility index (Phi) is 7.66. The SMILES string of the molecule is Cc1nonc1C(=O)N[C@H](c1cn2ncc(C[C@@]3(Cc4noc(=O)n4C)C[C@@H](C(F)(F)F)NC3=O)cc2n1)C1CCC(F)(F)CC1. The summed E-state index contributed by atoms with van der Waals surface area (Å²) in [4.78, 5) is 42.7. The molecule has 19 heteroatoms. The second-order valence-electron chi connectivity index (χ2n) is 12.0. The maximum atomic E-state index is 14.0. The maximum absolute atomic E-state index is 14.0. The quantitative estimate of drug-likeness (QED) is 0.269. The van der Waals surface area contributed by atoms with Gasteiger partial charge in [0.25, 0.3) is 5.91 Å². The van der Waals surface area contributed by atoms with Gasteiger partial charge in [-0.15, -0.1) is 0 Å². The van der Waals surface area contributed by atoms with E-state index in [1.165, 1.54) is 36.9 Å². The van der Waals surface area contributed by atoms with Crippen LogP contribution in [0.15, 0.2) is 32.4 Å². The first-order valence-corrected chi connectivity index (χ1v) is 14.4. The first-order valence-electron chi connectivity index (χ1n) is 14.4. The number of carbonyl (C=O) groups is 2. The topological polar surface area (TPSA) is 175 Å².